The number of benzene rings is 2. The fourth-order valence-electron chi connectivity index (χ4n) is 2.62. The summed E-state index contributed by atoms with van der Waals surface area (Å²) in [5.74, 6) is 0.619. The zero-order valence-corrected chi connectivity index (χ0v) is 12.3. The van der Waals surface area contributed by atoms with Crippen molar-refractivity contribution in [2.24, 2.45) is 5.73 Å². The maximum absolute atomic E-state index is 13.5. The summed E-state index contributed by atoms with van der Waals surface area (Å²) in [4.78, 5) is 0. The molecule has 0 bridgehead atoms. The van der Waals surface area contributed by atoms with Crippen molar-refractivity contribution in [3.05, 3.63) is 64.0 Å². The van der Waals surface area contributed by atoms with E-state index in [-0.39, 0.29) is 11.9 Å². The van der Waals surface area contributed by atoms with Gasteiger partial charge >= 0.3 is 0 Å². The predicted molar refractivity (Wildman–Crippen MR) is 79.6 cm³/mol. The van der Waals surface area contributed by atoms with Crippen molar-refractivity contribution < 1.29 is 9.13 Å². The monoisotopic (exact) mass is 273 g/mol. The molecule has 1 atom stereocenters. The second-order valence-corrected chi connectivity index (χ2v) is 5.23. The largest absolute Gasteiger partial charge is 0.496 e. The van der Waals surface area contributed by atoms with Gasteiger partial charge < -0.3 is 10.5 Å². The number of halogens is 1. The summed E-state index contributed by atoms with van der Waals surface area (Å²) < 4.78 is 18.9. The summed E-state index contributed by atoms with van der Waals surface area (Å²) in [5, 5.41) is 0. The molecule has 3 heteroatoms. The SMILES string of the molecule is COc1c(C)cc(C(N)c2cc(C)cc(F)c2)cc1C. The van der Waals surface area contributed by atoms with Gasteiger partial charge in [-0.25, -0.2) is 4.39 Å². The molecule has 106 valence electrons. The Morgan fingerprint density at radius 2 is 1.50 bits per heavy atom. The van der Waals surface area contributed by atoms with E-state index in [4.69, 9.17) is 10.5 Å². The van der Waals surface area contributed by atoms with Crippen LogP contribution in [0.15, 0.2) is 30.3 Å². The molecule has 0 aliphatic heterocycles. The second kappa shape index (κ2) is 5.63. The van der Waals surface area contributed by atoms with Crippen LogP contribution in [0.2, 0.25) is 0 Å². The Labute approximate surface area is 119 Å². The van der Waals surface area contributed by atoms with Gasteiger partial charge in [-0.2, -0.15) is 0 Å². The summed E-state index contributed by atoms with van der Waals surface area (Å²) in [6.07, 6.45) is 0. The van der Waals surface area contributed by atoms with Gasteiger partial charge in [-0.3, -0.25) is 0 Å². The number of methoxy groups -OCH3 is 1. The molecule has 0 amide bonds. The Bertz CT molecular complexity index is 594. The molecular weight excluding hydrogens is 253 g/mol. The zero-order chi connectivity index (χ0) is 14.9. The van der Waals surface area contributed by atoms with Gasteiger partial charge in [0.05, 0.1) is 13.2 Å². The van der Waals surface area contributed by atoms with Gasteiger partial charge in [0.15, 0.2) is 0 Å². The molecule has 2 aromatic rings. The van der Waals surface area contributed by atoms with E-state index in [2.05, 4.69) is 0 Å². The van der Waals surface area contributed by atoms with Crippen LogP contribution in [0.3, 0.4) is 0 Å². The molecule has 0 saturated heterocycles. The fourth-order valence-corrected chi connectivity index (χ4v) is 2.62. The van der Waals surface area contributed by atoms with Crippen molar-refractivity contribution in [2.75, 3.05) is 7.11 Å². The molecule has 2 N–H and O–H groups in total. The molecule has 0 fully saturated rings. The predicted octanol–water partition coefficient (Wildman–Crippen LogP) is 3.81. The van der Waals surface area contributed by atoms with E-state index in [1.54, 1.807) is 7.11 Å². The third kappa shape index (κ3) is 2.83. The molecule has 2 nitrogen and oxygen atoms in total. The molecule has 0 aliphatic carbocycles. The molecular formula is C17H20FNO. The highest BCUT2D eigenvalue weighted by Crippen LogP contribution is 2.29. The molecule has 0 aromatic heterocycles. The van der Waals surface area contributed by atoms with E-state index >= 15 is 0 Å². The maximum Gasteiger partial charge on any atom is 0.124 e. The first-order valence-corrected chi connectivity index (χ1v) is 6.60. The van der Waals surface area contributed by atoms with E-state index in [1.807, 2.05) is 39.0 Å². The molecule has 0 heterocycles. The molecule has 0 spiro atoms. The van der Waals surface area contributed by atoms with Crippen LogP contribution in [0, 0.1) is 26.6 Å². The first-order valence-electron chi connectivity index (χ1n) is 6.60. The van der Waals surface area contributed by atoms with Crippen molar-refractivity contribution in [2.45, 2.75) is 26.8 Å². The molecule has 0 aliphatic rings. The highest BCUT2D eigenvalue weighted by atomic mass is 19.1. The van der Waals surface area contributed by atoms with Crippen LogP contribution < -0.4 is 10.5 Å². The van der Waals surface area contributed by atoms with E-state index in [0.717, 1.165) is 33.6 Å². The van der Waals surface area contributed by atoms with Gasteiger partial charge in [0.25, 0.3) is 0 Å². The Hall–Kier alpha value is -1.87. The minimum absolute atomic E-state index is 0.252. The molecule has 2 aromatic carbocycles. The van der Waals surface area contributed by atoms with Gasteiger partial charge in [-0.1, -0.05) is 18.2 Å². The number of aryl methyl sites for hydroxylation is 3. The lowest BCUT2D eigenvalue weighted by atomic mass is 9.95. The summed E-state index contributed by atoms with van der Waals surface area (Å²) >= 11 is 0. The molecule has 0 saturated carbocycles. The molecule has 2 rings (SSSR count). The number of ether oxygens (including phenoxy) is 1. The van der Waals surface area contributed by atoms with Crippen molar-refractivity contribution in [1.82, 2.24) is 0 Å². The summed E-state index contributed by atoms with van der Waals surface area (Å²) in [7, 11) is 1.66. The van der Waals surface area contributed by atoms with E-state index in [9.17, 15) is 4.39 Å². The number of hydrogen-bond acceptors (Lipinski definition) is 2. The lowest BCUT2D eigenvalue weighted by Crippen LogP contribution is -2.13. The molecule has 0 radical (unpaired) electrons. The Kier molecular flexibility index (Phi) is 4.09. The third-order valence-corrected chi connectivity index (χ3v) is 3.47. The minimum Gasteiger partial charge on any atom is -0.496 e. The normalized spacial score (nSPS) is 12.3. The van der Waals surface area contributed by atoms with Crippen LogP contribution in [0.5, 0.6) is 5.75 Å². The minimum atomic E-state index is -0.340. The first kappa shape index (κ1) is 14.5. The Balaban J connectivity index is 2.45. The Morgan fingerprint density at radius 3 is 2.00 bits per heavy atom. The van der Waals surface area contributed by atoms with Crippen LogP contribution in [-0.2, 0) is 0 Å². The molecule has 1 unspecified atom stereocenters. The summed E-state index contributed by atoms with van der Waals surface area (Å²) in [6, 6.07) is 8.57. The van der Waals surface area contributed by atoms with Gasteiger partial charge in [-0.05, 0) is 60.7 Å². The fraction of sp³-hybridized carbons (Fsp3) is 0.294. The standard InChI is InChI=1S/C17H20FNO/c1-10-5-13(9-15(18)6-10)16(19)14-7-11(2)17(20-4)12(3)8-14/h5-9,16H,19H2,1-4H3. The second-order valence-electron chi connectivity index (χ2n) is 5.23. The van der Waals surface area contributed by atoms with Crippen molar-refractivity contribution in [1.29, 1.82) is 0 Å². The average Bonchev–Trinajstić information content (AvgIpc) is 2.36. The lowest BCUT2D eigenvalue weighted by Gasteiger charge is -2.17. The summed E-state index contributed by atoms with van der Waals surface area (Å²) in [5.41, 5.74) is 11.0. The van der Waals surface area contributed by atoms with Gasteiger partial charge in [0.1, 0.15) is 11.6 Å². The van der Waals surface area contributed by atoms with E-state index < -0.39 is 0 Å². The highest BCUT2D eigenvalue weighted by Gasteiger charge is 2.14. The van der Waals surface area contributed by atoms with E-state index in [1.165, 1.54) is 12.1 Å². The quantitative estimate of drug-likeness (QED) is 0.923. The number of nitrogens with two attached hydrogens (primary N) is 1. The third-order valence-electron chi connectivity index (χ3n) is 3.47. The van der Waals surface area contributed by atoms with Crippen LogP contribution in [0.1, 0.15) is 33.9 Å². The Morgan fingerprint density at radius 1 is 0.950 bits per heavy atom. The molecule has 20 heavy (non-hydrogen) atoms. The van der Waals surface area contributed by atoms with Gasteiger partial charge in [-0.15, -0.1) is 0 Å². The van der Waals surface area contributed by atoms with Crippen molar-refractivity contribution in [3.8, 4) is 5.75 Å². The average molecular weight is 273 g/mol. The topological polar surface area (TPSA) is 35.2 Å². The van der Waals surface area contributed by atoms with Crippen molar-refractivity contribution >= 4 is 0 Å². The van der Waals surface area contributed by atoms with Crippen LogP contribution >= 0.6 is 0 Å². The van der Waals surface area contributed by atoms with Crippen LogP contribution in [0.25, 0.3) is 0 Å². The van der Waals surface area contributed by atoms with Gasteiger partial charge in [0, 0.05) is 0 Å². The summed E-state index contributed by atoms with van der Waals surface area (Å²) in [6.45, 7) is 5.83. The van der Waals surface area contributed by atoms with Crippen LogP contribution in [-0.4, -0.2) is 7.11 Å². The van der Waals surface area contributed by atoms with Crippen molar-refractivity contribution in [3.63, 3.8) is 0 Å². The highest BCUT2D eigenvalue weighted by molar-refractivity contribution is 5.46. The smallest absolute Gasteiger partial charge is 0.124 e. The zero-order valence-electron chi connectivity index (χ0n) is 12.3. The van der Waals surface area contributed by atoms with Gasteiger partial charge in [0.2, 0.25) is 0 Å². The van der Waals surface area contributed by atoms with E-state index in [0.29, 0.717) is 0 Å². The maximum atomic E-state index is 13.5. The van der Waals surface area contributed by atoms with Crippen LogP contribution in [0.4, 0.5) is 4.39 Å². The first-order chi connectivity index (χ1) is 9.42. The lowest BCUT2D eigenvalue weighted by molar-refractivity contribution is 0.408. The number of rotatable bonds is 3. The number of hydrogen-bond donors (Lipinski definition) is 1.